The fraction of sp³-hybridized carbons (Fsp3) is 0.158. The van der Waals surface area contributed by atoms with Crippen LogP contribution in [0.4, 0.5) is 21.7 Å². The van der Waals surface area contributed by atoms with Gasteiger partial charge >= 0.3 is 0 Å². The molecule has 140 valence electrons. The Kier molecular flexibility index (Phi) is 5.09. The second kappa shape index (κ2) is 7.32. The zero-order valence-corrected chi connectivity index (χ0v) is 15.9. The summed E-state index contributed by atoms with van der Waals surface area (Å²) in [5.41, 5.74) is 3.41. The summed E-state index contributed by atoms with van der Waals surface area (Å²) in [6.07, 6.45) is 0. The standard InChI is InChI=1S/C19H19FN4O2S/c1-12-8-13(2)10-16(9-12)21-18-6-7-19(23-22-18)24-27(25,26)17-5-4-15(20)11-14(17)3/h4-11H,1-3H3,(H,21,22)(H,23,24). The van der Waals surface area contributed by atoms with E-state index in [0.29, 0.717) is 11.4 Å². The van der Waals surface area contributed by atoms with Crippen LogP contribution >= 0.6 is 0 Å². The molecule has 3 rings (SSSR count). The van der Waals surface area contributed by atoms with Crippen LogP contribution in [0.25, 0.3) is 0 Å². The van der Waals surface area contributed by atoms with Crippen LogP contribution in [0, 0.1) is 26.6 Å². The first-order chi connectivity index (χ1) is 12.7. The Morgan fingerprint density at radius 2 is 1.48 bits per heavy atom. The first kappa shape index (κ1) is 18.8. The van der Waals surface area contributed by atoms with Crippen LogP contribution < -0.4 is 10.0 Å². The summed E-state index contributed by atoms with van der Waals surface area (Å²) < 4.78 is 40.5. The zero-order chi connectivity index (χ0) is 19.6. The van der Waals surface area contributed by atoms with Crippen LogP contribution in [0.2, 0.25) is 0 Å². The van der Waals surface area contributed by atoms with Crippen molar-refractivity contribution in [2.75, 3.05) is 10.0 Å². The molecule has 1 heterocycles. The normalized spacial score (nSPS) is 11.3. The van der Waals surface area contributed by atoms with Gasteiger partial charge in [-0.15, -0.1) is 10.2 Å². The third-order valence-electron chi connectivity index (χ3n) is 3.82. The summed E-state index contributed by atoms with van der Waals surface area (Å²) in [6.45, 7) is 5.53. The van der Waals surface area contributed by atoms with Crippen molar-refractivity contribution in [3.05, 3.63) is 71.0 Å². The number of benzene rings is 2. The van der Waals surface area contributed by atoms with E-state index in [-0.39, 0.29) is 10.7 Å². The molecular formula is C19H19FN4O2S. The smallest absolute Gasteiger partial charge is 0.263 e. The Labute approximate surface area is 157 Å². The monoisotopic (exact) mass is 386 g/mol. The number of nitrogens with zero attached hydrogens (tertiary/aromatic N) is 2. The van der Waals surface area contributed by atoms with Crippen LogP contribution in [0.3, 0.4) is 0 Å². The molecule has 0 aliphatic heterocycles. The van der Waals surface area contributed by atoms with Gasteiger partial charge in [-0.1, -0.05) is 6.07 Å². The van der Waals surface area contributed by atoms with Gasteiger partial charge in [-0.2, -0.15) is 0 Å². The lowest BCUT2D eigenvalue weighted by Gasteiger charge is -2.10. The number of hydrogen-bond acceptors (Lipinski definition) is 5. The number of aromatic nitrogens is 2. The van der Waals surface area contributed by atoms with Crippen molar-refractivity contribution in [3.8, 4) is 0 Å². The third-order valence-corrected chi connectivity index (χ3v) is 5.34. The van der Waals surface area contributed by atoms with Crippen molar-refractivity contribution in [3.63, 3.8) is 0 Å². The fourth-order valence-corrected chi connectivity index (χ4v) is 3.98. The lowest BCUT2D eigenvalue weighted by molar-refractivity contribution is 0.598. The van der Waals surface area contributed by atoms with E-state index in [1.165, 1.54) is 19.1 Å². The second-order valence-electron chi connectivity index (χ2n) is 6.32. The number of hydrogen-bond donors (Lipinski definition) is 2. The van der Waals surface area contributed by atoms with Crippen LogP contribution in [0.1, 0.15) is 16.7 Å². The van der Waals surface area contributed by atoms with Crippen LogP contribution in [-0.2, 0) is 10.0 Å². The number of aryl methyl sites for hydroxylation is 3. The van der Waals surface area contributed by atoms with Gasteiger partial charge in [0.1, 0.15) is 5.82 Å². The van der Waals surface area contributed by atoms with Crippen molar-refractivity contribution < 1.29 is 12.8 Å². The molecule has 6 nitrogen and oxygen atoms in total. The van der Waals surface area contributed by atoms with Gasteiger partial charge in [-0.3, -0.25) is 4.72 Å². The molecule has 0 bridgehead atoms. The maximum Gasteiger partial charge on any atom is 0.263 e. The average Bonchev–Trinajstić information content (AvgIpc) is 2.55. The lowest BCUT2D eigenvalue weighted by atomic mass is 10.1. The van der Waals surface area contributed by atoms with Gasteiger partial charge in [0.2, 0.25) is 0 Å². The van der Waals surface area contributed by atoms with Gasteiger partial charge in [0.15, 0.2) is 11.6 Å². The highest BCUT2D eigenvalue weighted by Gasteiger charge is 2.18. The van der Waals surface area contributed by atoms with E-state index in [1.807, 2.05) is 26.0 Å². The van der Waals surface area contributed by atoms with Crippen molar-refractivity contribution >= 4 is 27.3 Å². The fourth-order valence-electron chi connectivity index (χ4n) is 2.76. The van der Waals surface area contributed by atoms with E-state index in [4.69, 9.17) is 0 Å². The number of nitrogens with one attached hydrogen (secondary N) is 2. The molecule has 0 saturated carbocycles. The number of halogens is 1. The van der Waals surface area contributed by atoms with Crippen LogP contribution in [0.5, 0.6) is 0 Å². The summed E-state index contributed by atoms with van der Waals surface area (Å²) in [7, 11) is -3.88. The Morgan fingerprint density at radius 1 is 0.852 bits per heavy atom. The van der Waals surface area contributed by atoms with Crippen LogP contribution in [0.15, 0.2) is 53.4 Å². The Bertz CT molecular complexity index is 1060. The van der Waals surface area contributed by atoms with Crippen molar-refractivity contribution in [2.45, 2.75) is 25.7 Å². The van der Waals surface area contributed by atoms with Gasteiger partial charge in [-0.05, 0) is 79.9 Å². The van der Waals surface area contributed by atoms with Gasteiger partial charge in [-0.25, -0.2) is 12.8 Å². The van der Waals surface area contributed by atoms with Gasteiger partial charge < -0.3 is 5.32 Å². The summed E-state index contributed by atoms with van der Waals surface area (Å²) in [4.78, 5) is -0.0110. The summed E-state index contributed by atoms with van der Waals surface area (Å²) in [6, 6.07) is 12.6. The predicted octanol–water partition coefficient (Wildman–Crippen LogP) is 4.09. The number of sulfonamides is 1. The Hall–Kier alpha value is -3.00. The van der Waals surface area contributed by atoms with E-state index in [1.54, 1.807) is 6.07 Å². The molecular weight excluding hydrogens is 367 g/mol. The number of rotatable bonds is 5. The molecule has 0 unspecified atom stereocenters. The Balaban J connectivity index is 1.77. The second-order valence-corrected chi connectivity index (χ2v) is 7.97. The minimum Gasteiger partial charge on any atom is -0.339 e. The first-order valence-electron chi connectivity index (χ1n) is 8.21. The topological polar surface area (TPSA) is 84.0 Å². The average molecular weight is 386 g/mol. The molecule has 0 radical (unpaired) electrons. The summed E-state index contributed by atoms with van der Waals surface area (Å²) in [5.74, 6) is 0.0682. The van der Waals surface area contributed by atoms with Gasteiger partial charge in [0.25, 0.3) is 10.0 Å². The van der Waals surface area contributed by atoms with Crippen molar-refractivity contribution in [1.29, 1.82) is 0 Å². The lowest BCUT2D eigenvalue weighted by Crippen LogP contribution is -2.15. The molecule has 1 aromatic heterocycles. The maximum atomic E-state index is 13.2. The van der Waals surface area contributed by atoms with E-state index >= 15 is 0 Å². The quantitative estimate of drug-likeness (QED) is 0.690. The van der Waals surface area contributed by atoms with E-state index in [0.717, 1.165) is 28.9 Å². The molecule has 2 N–H and O–H groups in total. The summed E-state index contributed by atoms with van der Waals surface area (Å²) >= 11 is 0. The third kappa shape index (κ3) is 4.59. The molecule has 0 atom stereocenters. The molecule has 0 aliphatic rings. The summed E-state index contributed by atoms with van der Waals surface area (Å²) in [5, 5.41) is 11.0. The molecule has 0 amide bonds. The molecule has 0 spiro atoms. The molecule has 2 aromatic carbocycles. The van der Waals surface area contributed by atoms with Gasteiger partial charge in [0, 0.05) is 5.69 Å². The van der Waals surface area contributed by atoms with E-state index < -0.39 is 15.8 Å². The van der Waals surface area contributed by atoms with Gasteiger partial charge in [0.05, 0.1) is 4.90 Å². The highest BCUT2D eigenvalue weighted by molar-refractivity contribution is 7.92. The largest absolute Gasteiger partial charge is 0.339 e. The SMILES string of the molecule is Cc1cc(C)cc(Nc2ccc(NS(=O)(=O)c3ccc(F)cc3C)nn2)c1. The highest BCUT2D eigenvalue weighted by Crippen LogP contribution is 2.21. The molecule has 0 aliphatic carbocycles. The molecule has 8 heteroatoms. The molecule has 0 saturated heterocycles. The van der Waals surface area contributed by atoms with Crippen molar-refractivity contribution in [1.82, 2.24) is 10.2 Å². The predicted molar refractivity (Wildman–Crippen MR) is 103 cm³/mol. The number of anilines is 3. The minimum atomic E-state index is -3.88. The Morgan fingerprint density at radius 3 is 2.07 bits per heavy atom. The van der Waals surface area contributed by atoms with E-state index in [9.17, 15) is 12.8 Å². The first-order valence-corrected chi connectivity index (χ1v) is 9.69. The highest BCUT2D eigenvalue weighted by atomic mass is 32.2. The minimum absolute atomic E-state index is 0.0110. The maximum absolute atomic E-state index is 13.2. The zero-order valence-electron chi connectivity index (χ0n) is 15.1. The molecule has 3 aromatic rings. The molecule has 0 fully saturated rings. The van der Waals surface area contributed by atoms with Crippen molar-refractivity contribution in [2.24, 2.45) is 0 Å². The van der Waals surface area contributed by atoms with Crippen LogP contribution in [-0.4, -0.2) is 18.6 Å². The van der Waals surface area contributed by atoms with E-state index in [2.05, 4.69) is 26.3 Å². The molecule has 27 heavy (non-hydrogen) atoms.